The van der Waals surface area contributed by atoms with Crippen LogP contribution in [0.15, 0.2) is 29.2 Å². The van der Waals surface area contributed by atoms with Crippen LogP contribution in [0.2, 0.25) is 0 Å². The molecule has 0 aliphatic heterocycles. The fraction of sp³-hybridized carbons (Fsp3) is 0.529. The first-order valence-corrected chi connectivity index (χ1v) is 9.82. The van der Waals surface area contributed by atoms with E-state index in [-0.39, 0.29) is 16.9 Å². The second-order valence-electron chi connectivity index (χ2n) is 6.28. The van der Waals surface area contributed by atoms with Crippen LogP contribution in [0, 0.1) is 0 Å². The number of carboxylic acids is 1. The minimum atomic E-state index is -3.65. The van der Waals surface area contributed by atoms with Crippen LogP contribution in [0.1, 0.15) is 49.9 Å². The first kappa shape index (κ1) is 19.4. The van der Waals surface area contributed by atoms with Crippen LogP contribution in [-0.2, 0) is 14.8 Å². The van der Waals surface area contributed by atoms with E-state index >= 15 is 0 Å². The third-order valence-corrected chi connectivity index (χ3v) is 6.66. The lowest BCUT2D eigenvalue weighted by Crippen LogP contribution is -2.54. The average Bonchev–Trinajstić information content (AvgIpc) is 2.53. The van der Waals surface area contributed by atoms with Crippen molar-refractivity contribution in [3.63, 3.8) is 0 Å². The molecule has 25 heavy (non-hydrogen) atoms. The Balaban J connectivity index is 2.23. The van der Waals surface area contributed by atoms with Crippen molar-refractivity contribution in [3.8, 4) is 0 Å². The van der Waals surface area contributed by atoms with Crippen molar-refractivity contribution in [2.75, 3.05) is 13.1 Å². The molecule has 0 spiro atoms. The smallest absolute Gasteiger partial charge is 0.305 e. The summed E-state index contributed by atoms with van der Waals surface area (Å²) in [6, 6.07) is 5.86. The van der Waals surface area contributed by atoms with E-state index in [0.717, 1.165) is 6.42 Å². The Morgan fingerprint density at radius 1 is 1.24 bits per heavy atom. The van der Waals surface area contributed by atoms with Crippen LogP contribution in [0.3, 0.4) is 0 Å². The lowest BCUT2D eigenvalue weighted by Gasteiger charge is -2.41. The van der Waals surface area contributed by atoms with Gasteiger partial charge in [-0.05, 0) is 37.5 Å². The zero-order valence-corrected chi connectivity index (χ0v) is 15.3. The van der Waals surface area contributed by atoms with Crippen molar-refractivity contribution < 1.29 is 23.1 Å². The van der Waals surface area contributed by atoms with E-state index in [1.807, 2.05) is 0 Å². The number of carbonyl (C=O) groups excluding carboxylic acids is 1. The van der Waals surface area contributed by atoms with Crippen molar-refractivity contribution in [2.45, 2.75) is 50.0 Å². The second-order valence-corrected chi connectivity index (χ2v) is 8.21. The molecule has 2 N–H and O–H groups in total. The molecule has 138 valence electrons. The Labute approximate surface area is 148 Å². The highest BCUT2D eigenvalue weighted by Crippen LogP contribution is 2.35. The van der Waals surface area contributed by atoms with Crippen molar-refractivity contribution in [2.24, 2.45) is 0 Å². The van der Waals surface area contributed by atoms with Crippen molar-refractivity contribution in [1.82, 2.24) is 9.62 Å². The molecular formula is C17H24N2O5S. The monoisotopic (exact) mass is 368 g/mol. The van der Waals surface area contributed by atoms with E-state index in [2.05, 4.69) is 5.32 Å². The first-order chi connectivity index (χ1) is 11.7. The molecule has 1 aliphatic carbocycles. The predicted octanol–water partition coefficient (Wildman–Crippen LogP) is 1.84. The highest BCUT2D eigenvalue weighted by molar-refractivity contribution is 7.89. The Morgan fingerprint density at radius 3 is 2.36 bits per heavy atom. The van der Waals surface area contributed by atoms with E-state index in [1.165, 1.54) is 28.6 Å². The molecule has 1 aromatic carbocycles. The number of rotatable bonds is 8. The Kier molecular flexibility index (Phi) is 5.84. The molecule has 7 nitrogen and oxygen atoms in total. The average molecular weight is 368 g/mol. The highest BCUT2D eigenvalue weighted by atomic mass is 32.2. The van der Waals surface area contributed by atoms with Gasteiger partial charge in [0.25, 0.3) is 5.91 Å². The molecule has 1 saturated carbocycles. The van der Waals surface area contributed by atoms with Crippen LogP contribution in [0.5, 0.6) is 0 Å². The third-order valence-electron chi connectivity index (χ3n) is 4.62. The minimum absolute atomic E-state index is 0.0599. The van der Waals surface area contributed by atoms with Gasteiger partial charge in [-0.15, -0.1) is 0 Å². The molecule has 0 aromatic heterocycles. The van der Waals surface area contributed by atoms with Crippen LogP contribution in [0.25, 0.3) is 0 Å². The van der Waals surface area contributed by atoms with Gasteiger partial charge in [-0.2, -0.15) is 4.31 Å². The fourth-order valence-electron chi connectivity index (χ4n) is 3.06. The second kappa shape index (κ2) is 7.53. The summed E-state index contributed by atoms with van der Waals surface area (Å²) in [5, 5.41) is 11.8. The summed E-state index contributed by atoms with van der Waals surface area (Å²) < 4.78 is 26.5. The van der Waals surface area contributed by atoms with Crippen LogP contribution in [0.4, 0.5) is 0 Å². The molecule has 1 amide bonds. The van der Waals surface area contributed by atoms with Gasteiger partial charge in [0, 0.05) is 18.7 Å². The zero-order valence-electron chi connectivity index (χ0n) is 14.5. The number of nitrogens with zero attached hydrogens (tertiary/aromatic N) is 1. The van der Waals surface area contributed by atoms with Gasteiger partial charge >= 0.3 is 5.97 Å². The van der Waals surface area contributed by atoms with Crippen molar-refractivity contribution in [1.29, 1.82) is 0 Å². The number of carboxylic acid groups (broad SMARTS) is 1. The predicted molar refractivity (Wildman–Crippen MR) is 92.8 cm³/mol. The maximum absolute atomic E-state index is 12.6. The lowest BCUT2D eigenvalue weighted by molar-refractivity contribution is -0.139. The van der Waals surface area contributed by atoms with E-state index in [1.54, 1.807) is 13.8 Å². The number of hydrogen-bond acceptors (Lipinski definition) is 4. The standard InChI is InChI=1S/C17H24N2O5S/c1-3-19(4-2)25(23,24)14-8-5-7-13(11-14)16(22)18-17(9-6-10-17)12-15(20)21/h5,7-8,11H,3-4,6,9-10,12H2,1-2H3,(H,18,22)(H,20,21). The van der Waals surface area contributed by atoms with E-state index in [0.29, 0.717) is 25.9 Å². The molecule has 0 heterocycles. The molecule has 1 aromatic rings. The highest BCUT2D eigenvalue weighted by Gasteiger charge is 2.40. The Hall–Kier alpha value is -1.93. The molecule has 2 rings (SSSR count). The van der Waals surface area contributed by atoms with Crippen LogP contribution in [-0.4, -0.2) is 48.3 Å². The van der Waals surface area contributed by atoms with Gasteiger partial charge in [0.2, 0.25) is 10.0 Å². The summed E-state index contributed by atoms with van der Waals surface area (Å²) in [4.78, 5) is 23.6. The molecule has 8 heteroatoms. The van der Waals surface area contributed by atoms with Crippen molar-refractivity contribution >= 4 is 21.9 Å². The van der Waals surface area contributed by atoms with Gasteiger partial charge in [-0.1, -0.05) is 19.9 Å². The van der Waals surface area contributed by atoms with Crippen LogP contribution >= 0.6 is 0 Å². The largest absolute Gasteiger partial charge is 0.481 e. The molecular weight excluding hydrogens is 344 g/mol. The van der Waals surface area contributed by atoms with Gasteiger partial charge in [0.1, 0.15) is 0 Å². The Bertz CT molecular complexity index is 752. The first-order valence-electron chi connectivity index (χ1n) is 8.38. The normalized spacial score (nSPS) is 16.3. The molecule has 0 saturated heterocycles. The van der Waals surface area contributed by atoms with Crippen LogP contribution < -0.4 is 5.32 Å². The van der Waals surface area contributed by atoms with E-state index in [4.69, 9.17) is 5.11 Å². The SMILES string of the molecule is CCN(CC)S(=O)(=O)c1cccc(C(=O)NC2(CC(=O)O)CCC2)c1. The maximum Gasteiger partial charge on any atom is 0.305 e. The van der Waals surface area contributed by atoms with Gasteiger partial charge in [0.15, 0.2) is 0 Å². The van der Waals surface area contributed by atoms with Crippen molar-refractivity contribution in [3.05, 3.63) is 29.8 Å². The van der Waals surface area contributed by atoms with Gasteiger partial charge < -0.3 is 10.4 Å². The molecule has 1 fully saturated rings. The number of hydrogen-bond donors (Lipinski definition) is 2. The maximum atomic E-state index is 12.6. The topological polar surface area (TPSA) is 104 Å². The summed E-state index contributed by atoms with van der Waals surface area (Å²) in [6.07, 6.45) is 1.96. The van der Waals surface area contributed by atoms with Gasteiger partial charge in [0.05, 0.1) is 16.9 Å². The number of benzene rings is 1. The number of nitrogens with one attached hydrogen (secondary N) is 1. The van der Waals surface area contributed by atoms with E-state index < -0.39 is 27.4 Å². The molecule has 1 aliphatic rings. The lowest BCUT2D eigenvalue weighted by atomic mass is 9.74. The minimum Gasteiger partial charge on any atom is -0.481 e. The quantitative estimate of drug-likeness (QED) is 0.729. The molecule has 0 unspecified atom stereocenters. The summed E-state index contributed by atoms with van der Waals surface area (Å²) in [5.41, 5.74) is -0.513. The summed E-state index contributed by atoms with van der Waals surface area (Å²) in [5.74, 6) is -1.41. The van der Waals surface area contributed by atoms with Gasteiger partial charge in [-0.3, -0.25) is 9.59 Å². The number of amides is 1. The third kappa shape index (κ3) is 4.19. The molecule has 0 bridgehead atoms. The molecule has 0 atom stereocenters. The zero-order chi connectivity index (χ0) is 18.7. The number of carbonyl (C=O) groups is 2. The summed E-state index contributed by atoms with van der Waals surface area (Å²) >= 11 is 0. The number of aliphatic carboxylic acids is 1. The summed E-state index contributed by atoms with van der Waals surface area (Å²) in [7, 11) is -3.65. The summed E-state index contributed by atoms with van der Waals surface area (Å²) in [6.45, 7) is 4.20. The van der Waals surface area contributed by atoms with E-state index in [9.17, 15) is 18.0 Å². The number of sulfonamides is 1. The van der Waals surface area contributed by atoms with Gasteiger partial charge in [-0.25, -0.2) is 8.42 Å². The Morgan fingerprint density at radius 2 is 1.88 bits per heavy atom. The molecule has 0 radical (unpaired) electrons. The fourth-order valence-corrected chi connectivity index (χ4v) is 4.57.